The molecule has 0 spiro atoms. The van der Waals surface area contributed by atoms with Crippen LogP contribution in [0.15, 0.2) is 54.6 Å². The minimum atomic E-state index is -0.348. The van der Waals surface area contributed by atoms with E-state index >= 15 is 0 Å². The summed E-state index contributed by atoms with van der Waals surface area (Å²) in [4.78, 5) is 0. The molecule has 3 aromatic rings. The molecule has 0 N–H and O–H groups in total. The Morgan fingerprint density at radius 3 is 2.61 bits per heavy atom. The van der Waals surface area contributed by atoms with Gasteiger partial charge in [0.15, 0.2) is 11.6 Å². The van der Waals surface area contributed by atoms with Crippen molar-refractivity contribution in [1.82, 2.24) is 14.8 Å². The van der Waals surface area contributed by atoms with E-state index in [1.54, 1.807) is 29.8 Å². The first-order valence-electron chi connectivity index (χ1n) is 7.01. The Kier molecular flexibility index (Phi) is 3.98. The van der Waals surface area contributed by atoms with E-state index in [0.717, 1.165) is 5.56 Å². The summed E-state index contributed by atoms with van der Waals surface area (Å²) in [5, 5.41) is 17.7. The van der Waals surface area contributed by atoms with Crippen LogP contribution in [0.3, 0.4) is 0 Å². The lowest BCUT2D eigenvalue weighted by atomic mass is 10.1. The SMILES string of the molecule is Cn1c(/C(C#N)=C\c2cccc(F)c2)nnc1-c1ccccc1. The molecule has 0 bridgehead atoms. The number of halogens is 1. The molecule has 0 aliphatic carbocycles. The van der Waals surface area contributed by atoms with E-state index in [0.29, 0.717) is 22.8 Å². The molecule has 0 radical (unpaired) electrons. The Labute approximate surface area is 133 Å². The van der Waals surface area contributed by atoms with Crippen LogP contribution in [-0.4, -0.2) is 14.8 Å². The predicted molar refractivity (Wildman–Crippen MR) is 86.3 cm³/mol. The Morgan fingerprint density at radius 1 is 1.13 bits per heavy atom. The first kappa shape index (κ1) is 14.7. The Balaban J connectivity index is 2.04. The number of nitrogens with zero attached hydrogens (tertiary/aromatic N) is 4. The van der Waals surface area contributed by atoms with Crippen molar-refractivity contribution in [2.75, 3.05) is 0 Å². The molecule has 0 unspecified atom stereocenters. The van der Waals surface area contributed by atoms with E-state index in [1.165, 1.54) is 12.1 Å². The lowest BCUT2D eigenvalue weighted by Gasteiger charge is -2.03. The second kappa shape index (κ2) is 6.24. The molecule has 4 nitrogen and oxygen atoms in total. The standard InChI is InChI=1S/C18H13FN4/c1-23-17(14-7-3-2-4-8-14)21-22-18(23)15(12-20)10-13-6-5-9-16(19)11-13/h2-11H,1H3/b15-10-. The van der Waals surface area contributed by atoms with E-state index in [1.807, 2.05) is 30.3 Å². The predicted octanol–water partition coefficient (Wildman–Crippen LogP) is 3.69. The zero-order valence-corrected chi connectivity index (χ0v) is 12.4. The molecular weight excluding hydrogens is 291 g/mol. The Bertz CT molecular complexity index is 904. The molecule has 2 aromatic carbocycles. The van der Waals surface area contributed by atoms with Gasteiger partial charge in [-0.1, -0.05) is 42.5 Å². The zero-order chi connectivity index (χ0) is 16.2. The van der Waals surface area contributed by atoms with Crippen molar-refractivity contribution in [3.05, 3.63) is 71.8 Å². The maximum absolute atomic E-state index is 13.3. The first-order valence-corrected chi connectivity index (χ1v) is 7.01. The molecule has 112 valence electrons. The van der Waals surface area contributed by atoms with Crippen molar-refractivity contribution in [3.63, 3.8) is 0 Å². The van der Waals surface area contributed by atoms with Crippen LogP contribution >= 0.6 is 0 Å². The van der Waals surface area contributed by atoms with Crippen LogP contribution in [0.25, 0.3) is 23.0 Å². The van der Waals surface area contributed by atoms with Crippen molar-refractivity contribution in [2.45, 2.75) is 0 Å². The molecule has 0 aliphatic heterocycles. The molecule has 0 amide bonds. The number of allylic oxidation sites excluding steroid dienone is 1. The quantitative estimate of drug-likeness (QED) is 0.693. The Hall–Kier alpha value is -3.26. The molecule has 0 saturated carbocycles. The van der Waals surface area contributed by atoms with E-state index in [2.05, 4.69) is 16.3 Å². The average Bonchev–Trinajstić information content (AvgIpc) is 2.95. The van der Waals surface area contributed by atoms with Gasteiger partial charge in [-0.3, -0.25) is 0 Å². The summed E-state index contributed by atoms with van der Waals surface area (Å²) in [5.41, 5.74) is 1.84. The molecule has 23 heavy (non-hydrogen) atoms. The van der Waals surface area contributed by atoms with E-state index < -0.39 is 0 Å². The number of rotatable bonds is 3. The number of nitriles is 1. The van der Waals surface area contributed by atoms with Gasteiger partial charge in [-0.2, -0.15) is 5.26 Å². The number of aromatic nitrogens is 3. The second-order valence-electron chi connectivity index (χ2n) is 5.00. The van der Waals surface area contributed by atoms with Crippen LogP contribution in [0.2, 0.25) is 0 Å². The third-order valence-corrected chi connectivity index (χ3v) is 3.43. The third-order valence-electron chi connectivity index (χ3n) is 3.43. The van der Waals surface area contributed by atoms with E-state index in [4.69, 9.17) is 0 Å². The topological polar surface area (TPSA) is 54.5 Å². The van der Waals surface area contributed by atoms with Crippen molar-refractivity contribution < 1.29 is 4.39 Å². The summed E-state index contributed by atoms with van der Waals surface area (Å²) < 4.78 is 15.0. The summed E-state index contributed by atoms with van der Waals surface area (Å²) in [6, 6.07) is 17.8. The van der Waals surface area contributed by atoms with Crippen molar-refractivity contribution >= 4 is 11.6 Å². The first-order chi connectivity index (χ1) is 11.2. The number of hydrogen-bond acceptors (Lipinski definition) is 3. The van der Waals surface area contributed by atoms with Gasteiger partial charge in [0.25, 0.3) is 0 Å². The maximum Gasteiger partial charge on any atom is 0.174 e. The fraction of sp³-hybridized carbons (Fsp3) is 0.0556. The van der Waals surface area contributed by atoms with Crippen LogP contribution in [0, 0.1) is 17.1 Å². The van der Waals surface area contributed by atoms with Crippen LogP contribution in [0.5, 0.6) is 0 Å². The summed E-state index contributed by atoms with van der Waals surface area (Å²) in [6.45, 7) is 0. The largest absolute Gasteiger partial charge is 0.310 e. The van der Waals surface area contributed by atoms with Crippen molar-refractivity contribution in [1.29, 1.82) is 5.26 Å². The molecule has 3 rings (SSSR count). The van der Waals surface area contributed by atoms with Gasteiger partial charge in [0, 0.05) is 12.6 Å². The van der Waals surface area contributed by atoms with Gasteiger partial charge in [-0.25, -0.2) is 4.39 Å². The molecular formula is C18H13FN4. The maximum atomic E-state index is 13.3. The molecule has 0 atom stereocenters. The van der Waals surface area contributed by atoms with Crippen LogP contribution < -0.4 is 0 Å². The van der Waals surface area contributed by atoms with Gasteiger partial charge in [-0.15, -0.1) is 10.2 Å². The number of benzene rings is 2. The molecule has 5 heteroatoms. The van der Waals surface area contributed by atoms with Gasteiger partial charge in [0.05, 0.1) is 5.57 Å². The monoisotopic (exact) mass is 304 g/mol. The van der Waals surface area contributed by atoms with Gasteiger partial charge < -0.3 is 4.57 Å². The molecule has 1 heterocycles. The lowest BCUT2D eigenvalue weighted by Crippen LogP contribution is -1.98. The average molecular weight is 304 g/mol. The minimum Gasteiger partial charge on any atom is -0.310 e. The third kappa shape index (κ3) is 3.01. The van der Waals surface area contributed by atoms with Crippen LogP contribution in [-0.2, 0) is 7.05 Å². The summed E-state index contributed by atoms with van der Waals surface area (Å²) in [6.07, 6.45) is 1.60. The zero-order valence-electron chi connectivity index (χ0n) is 12.4. The highest BCUT2D eigenvalue weighted by molar-refractivity contribution is 5.87. The summed E-state index contributed by atoms with van der Waals surface area (Å²) in [5.74, 6) is 0.760. The highest BCUT2D eigenvalue weighted by Gasteiger charge is 2.14. The smallest absolute Gasteiger partial charge is 0.174 e. The van der Waals surface area contributed by atoms with Gasteiger partial charge in [-0.05, 0) is 23.8 Å². The highest BCUT2D eigenvalue weighted by atomic mass is 19.1. The molecule has 0 saturated heterocycles. The lowest BCUT2D eigenvalue weighted by molar-refractivity contribution is 0.627. The number of hydrogen-bond donors (Lipinski definition) is 0. The normalized spacial score (nSPS) is 11.3. The minimum absolute atomic E-state index is 0.327. The van der Waals surface area contributed by atoms with E-state index in [-0.39, 0.29) is 5.82 Å². The molecule has 1 aromatic heterocycles. The van der Waals surface area contributed by atoms with E-state index in [9.17, 15) is 9.65 Å². The Morgan fingerprint density at radius 2 is 1.91 bits per heavy atom. The highest BCUT2D eigenvalue weighted by Crippen LogP contribution is 2.22. The fourth-order valence-electron chi connectivity index (χ4n) is 2.31. The molecule has 0 aliphatic rings. The summed E-state index contributed by atoms with van der Waals surface area (Å²) >= 11 is 0. The summed E-state index contributed by atoms with van der Waals surface area (Å²) in [7, 11) is 1.80. The van der Waals surface area contributed by atoms with Crippen molar-refractivity contribution in [2.24, 2.45) is 7.05 Å². The van der Waals surface area contributed by atoms with Gasteiger partial charge in [0.2, 0.25) is 0 Å². The van der Waals surface area contributed by atoms with Gasteiger partial charge in [0.1, 0.15) is 11.9 Å². The van der Waals surface area contributed by atoms with Crippen LogP contribution in [0.4, 0.5) is 4.39 Å². The van der Waals surface area contributed by atoms with Crippen molar-refractivity contribution in [3.8, 4) is 17.5 Å². The fourth-order valence-corrected chi connectivity index (χ4v) is 2.31. The molecule has 0 fully saturated rings. The van der Waals surface area contributed by atoms with Crippen LogP contribution in [0.1, 0.15) is 11.4 Å². The second-order valence-corrected chi connectivity index (χ2v) is 5.00. The van der Waals surface area contributed by atoms with Gasteiger partial charge >= 0.3 is 0 Å².